The molecule has 18 heavy (non-hydrogen) atoms. The largest absolute Gasteiger partial charge is 0.463 e. The Morgan fingerprint density at radius 3 is 2.89 bits per heavy atom. The second-order valence-electron chi connectivity index (χ2n) is 5.31. The molecule has 1 fully saturated rings. The van der Waals surface area contributed by atoms with Crippen molar-refractivity contribution < 1.29 is 9.53 Å². The molecule has 0 atom stereocenters. The lowest BCUT2D eigenvalue weighted by Gasteiger charge is -2.44. The smallest absolute Gasteiger partial charge is 0.331 e. The Morgan fingerprint density at radius 2 is 2.17 bits per heavy atom. The van der Waals surface area contributed by atoms with Crippen LogP contribution in [-0.2, 0) is 9.53 Å². The van der Waals surface area contributed by atoms with E-state index < -0.39 is 0 Å². The summed E-state index contributed by atoms with van der Waals surface area (Å²) in [7, 11) is 0. The summed E-state index contributed by atoms with van der Waals surface area (Å²) in [6, 6.07) is 6.56. The summed E-state index contributed by atoms with van der Waals surface area (Å²) in [4.78, 5) is 11.7. The van der Waals surface area contributed by atoms with E-state index in [9.17, 15) is 4.79 Å². The van der Waals surface area contributed by atoms with Crippen molar-refractivity contribution in [2.75, 3.05) is 6.61 Å². The van der Waals surface area contributed by atoms with Gasteiger partial charge in [-0.3, -0.25) is 0 Å². The van der Waals surface area contributed by atoms with Crippen LogP contribution in [-0.4, -0.2) is 12.6 Å². The van der Waals surface area contributed by atoms with Gasteiger partial charge in [0.1, 0.15) is 0 Å². The normalized spacial score (nSPS) is 26.4. The zero-order valence-electron chi connectivity index (χ0n) is 10.9. The lowest BCUT2D eigenvalue weighted by atomic mass is 9.60. The van der Waals surface area contributed by atoms with Gasteiger partial charge in [0.15, 0.2) is 0 Å². The van der Waals surface area contributed by atoms with Crippen molar-refractivity contribution >= 4 is 11.5 Å². The molecule has 3 aliphatic carbocycles. The first-order valence-electron chi connectivity index (χ1n) is 6.68. The van der Waals surface area contributed by atoms with Crippen LogP contribution in [0.1, 0.15) is 42.4 Å². The van der Waals surface area contributed by atoms with Crippen molar-refractivity contribution in [2.45, 2.75) is 32.6 Å². The van der Waals surface area contributed by atoms with Crippen molar-refractivity contribution in [3.05, 3.63) is 41.0 Å². The zero-order chi connectivity index (χ0) is 12.7. The van der Waals surface area contributed by atoms with Crippen LogP contribution in [0.15, 0.2) is 24.3 Å². The average molecular weight is 242 g/mol. The zero-order valence-corrected chi connectivity index (χ0v) is 10.9. The molecule has 2 nitrogen and oxygen atoms in total. The van der Waals surface area contributed by atoms with Gasteiger partial charge in [0.2, 0.25) is 0 Å². The minimum absolute atomic E-state index is 0.204. The van der Waals surface area contributed by atoms with Crippen LogP contribution >= 0.6 is 0 Å². The molecule has 2 heteroatoms. The molecule has 0 spiro atoms. The number of allylic oxidation sites excluding steroid dienone is 1. The molecule has 94 valence electrons. The van der Waals surface area contributed by atoms with Crippen LogP contribution < -0.4 is 0 Å². The third-order valence-corrected chi connectivity index (χ3v) is 4.10. The third-order valence-electron chi connectivity index (χ3n) is 4.10. The molecule has 3 aliphatic rings. The van der Waals surface area contributed by atoms with Gasteiger partial charge in [-0.15, -0.1) is 0 Å². The SMILES string of the molecule is CCOC(=O)/C=C1/c2ccc(C)cc2C2CC1C2. The molecule has 0 heterocycles. The van der Waals surface area contributed by atoms with E-state index in [0.29, 0.717) is 18.4 Å². The Hall–Kier alpha value is -1.57. The summed E-state index contributed by atoms with van der Waals surface area (Å²) in [6.45, 7) is 4.41. The van der Waals surface area contributed by atoms with Gasteiger partial charge < -0.3 is 4.74 Å². The highest BCUT2D eigenvalue weighted by Crippen LogP contribution is 2.55. The Kier molecular flexibility index (Phi) is 2.73. The molecular weight excluding hydrogens is 224 g/mol. The number of benzene rings is 1. The standard InChI is InChI=1S/C16H18O2/c1-3-18-16(17)9-15-12-7-11(8-12)14-6-10(2)4-5-13(14)15/h4-6,9,11-12H,3,7-8H2,1-2H3/b15-9+. The van der Waals surface area contributed by atoms with Gasteiger partial charge in [-0.2, -0.15) is 0 Å². The van der Waals surface area contributed by atoms with Crippen molar-refractivity contribution in [3.8, 4) is 0 Å². The summed E-state index contributed by atoms with van der Waals surface area (Å²) in [5.41, 5.74) is 5.18. The lowest BCUT2D eigenvalue weighted by Crippen LogP contribution is -2.30. The van der Waals surface area contributed by atoms with Gasteiger partial charge in [0, 0.05) is 6.08 Å². The molecule has 0 aliphatic heterocycles. The molecule has 4 rings (SSSR count). The number of hydrogen-bond acceptors (Lipinski definition) is 2. The van der Waals surface area contributed by atoms with Gasteiger partial charge in [-0.05, 0) is 55.2 Å². The summed E-state index contributed by atoms with van der Waals surface area (Å²) < 4.78 is 5.03. The second kappa shape index (κ2) is 4.27. The lowest BCUT2D eigenvalue weighted by molar-refractivity contribution is -0.137. The number of ether oxygens (including phenoxy) is 1. The highest BCUT2D eigenvalue weighted by atomic mass is 16.5. The molecule has 0 saturated heterocycles. The topological polar surface area (TPSA) is 26.3 Å². The Balaban J connectivity index is 2.01. The van der Waals surface area contributed by atoms with E-state index in [-0.39, 0.29) is 5.97 Å². The van der Waals surface area contributed by atoms with Crippen molar-refractivity contribution in [1.29, 1.82) is 0 Å². The fraction of sp³-hybridized carbons (Fsp3) is 0.438. The summed E-state index contributed by atoms with van der Waals surface area (Å²) >= 11 is 0. The fourth-order valence-electron chi connectivity index (χ4n) is 3.13. The van der Waals surface area contributed by atoms with E-state index in [2.05, 4.69) is 25.1 Å². The van der Waals surface area contributed by atoms with Gasteiger partial charge in [0.05, 0.1) is 6.61 Å². The van der Waals surface area contributed by atoms with E-state index in [4.69, 9.17) is 4.74 Å². The van der Waals surface area contributed by atoms with E-state index >= 15 is 0 Å². The van der Waals surface area contributed by atoms with Crippen LogP contribution in [0.2, 0.25) is 0 Å². The molecule has 1 saturated carbocycles. The number of rotatable bonds is 2. The van der Waals surface area contributed by atoms with Gasteiger partial charge >= 0.3 is 5.97 Å². The summed E-state index contributed by atoms with van der Waals surface area (Å²) in [5, 5.41) is 0. The first kappa shape index (κ1) is 11.5. The number of esters is 1. The van der Waals surface area contributed by atoms with Crippen LogP contribution in [0.25, 0.3) is 5.57 Å². The monoisotopic (exact) mass is 242 g/mol. The second-order valence-corrected chi connectivity index (χ2v) is 5.31. The number of aryl methyl sites for hydroxylation is 1. The summed E-state index contributed by atoms with van der Waals surface area (Å²) in [6.07, 6.45) is 4.10. The van der Waals surface area contributed by atoms with E-state index in [1.165, 1.54) is 35.1 Å². The predicted molar refractivity (Wildman–Crippen MR) is 71.3 cm³/mol. The van der Waals surface area contributed by atoms with Crippen molar-refractivity contribution in [1.82, 2.24) is 0 Å². The highest BCUT2D eigenvalue weighted by Gasteiger charge is 2.40. The van der Waals surface area contributed by atoms with Crippen molar-refractivity contribution in [2.24, 2.45) is 5.92 Å². The average Bonchev–Trinajstić information content (AvgIpc) is 2.26. The number of hydrogen-bond donors (Lipinski definition) is 0. The molecule has 0 amide bonds. The van der Waals surface area contributed by atoms with Gasteiger partial charge in [0.25, 0.3) is 0 Å². The maximum Gasteiger partial charge on any atom is 0.331 e. The van der Waals surface area contributed by atoms with Gasteiger partial charge in [-0.25, -0.2) is 4.79 Å². The summed E-state index contributed by atoms with van der Waals surface area (Å²) in [5.74, 6) is 1.07. The molecule has 1 aromatic rings. The van der Waals surface area contributed by atoms with E-state index in [1.54, 1.807) is 6.08 Å². The Morgan fingerprint density at radius 1 is 1.39 bits per heavy atom. The highest BCUT2D eigenvalue weighted by molar-refractivity contribution is 5.93. The maximum atomic E-state index is 11.7. The van der Waals surface area contributed by atoms with Crippen LogP contribution in [0, 0.1) is 12.8 Å². The molecule has 0 radical (unpaired) electrons. The number of carbonyl (C=O) groups is 1. The minimum atomic E-state index is -0.204. The fourth-order valence-corrected chi connectivity index (χ4v) is 3.13. The molecule has 0 unspecified atom stereocenters. The quantitative estimate of drug-likeness (QED) is 0.586. The molecule has 2 bridgehead atoms. The van der Waals surface area contributed by atoms with Crippen LogP contribution in [0.5, 0.6) is 0 Å². The molecule has 0 aromatic heterocycles. The van der Waals surface area contributed by atoms with Gasteiger partial charge in [-0.1, -0.05) is 23.8 Å². The van der Waals surface area contributed by atoms with Crippen LogP contribution in [0.4, 0.5) is 0 Å². The van der Waals surface area contributed by atoms with E-state index in [1.807, 2.05) is 6.92 Å². The van der Waals surface area contributed by atoms with Crippen molar-refractivity contribution in [3.63, 3.8) is 0 Å². The maximum absolute atomic E-state index is 11.7. The Labute approximate surface area is 108 Å². The first-order valence-corrected chi connectivity index (χ1v) is 6.68. The third kappa shape index (κ3) is 1.76. The Bertz CT molecular complexity index is 522. The predicted octanol–water partition coefficient (Wildman–Crippen LogP) is 3.45. The molecular formula is C16H18O2. The number of carbonyl (C=O) groups excluding carboxylic acids is 1. The molecule has 0 N–H and O–H groups in total. The molecule has 1 aromatic carbocycles. The minimum Gasteiger partial charge on any atom is -0.463 e. The first-order chi connectivity index (χ1) is 8.69. The van der Waals surface area contributed by atoms with Crippen LogP contribution in [0.3, 0.4) is 0 Å². The van der Waals surface area contributed by atoms with E-state index in [0.717, 1.165) is 0 Å².